The van der Waals surface area contributed by atoms with Crippen LogP contribution in [0, 0.1) is 25.2 Å². The summed E-state index contributed by atoms with van der Waals surface area (Å²) in [6.07, 6.45) is 0. The first-order valence-electron chi connectivity index (χ1n) is 4.89. The van der Waals surface area contributed by atoms with Crippen LogP contribution in [0.3, 0.4) is 0 Å². The number of hydrogen-bond acceptors (Lipinski definition) is 3. The van der Waals surface area contributed by atoms with Crippen molar-refractivity contribution in [2.45, 2.75) is 13.8 Å². The maximum Gasteiger partial charge on any atom is 0.159 e. The second-order valence-electron chi connectivity index (χ2n) is 3.59. The van der Waals surface area contributed by atoms with Crippen LogP contribution in [0.1, 0.15) is 17.0 Å². The standard InChI is InChI=1S/C12H11N3O/c1-8-12(16)9(2)15(14-8)11-5-3-10(7-13)4-6-11/h3-6,16H,1-2H3. The number of aryl methyl sites for hydroxylation is 1. The third kappa shape index (κ3) is 1.52. The largest absolute Gasteiger partial charge is 0.504 e. The molecule has 4 nitrogen and oxygen atoms in total. The Morgan fingerprint density at radius 1 is 1.25 bits per heavy atom. The summed E-state index contributed by atoms with van der Waals surface area (Å²) in [5, 5.41) is 22.6. The zero-order valence-corrected chi connectivity index (χ0v) is 9.10. The van der Waals surface area contributed by atoms with Crippen LogP contribution in [0.2, 0.25) is 0 Å². The predicted octanol–water partition coefficient (Wildman–Crippen LogP) is 2.07. The molecule has 1 heterocycles. The molecular formula is C12H11N3O. The van der Waals surface area contributed by atoms with E-state index in [-0.39, 0.29) is 5.75 Å². The molecule has 0 aliphatic heterocycles. The van der Waals surface area contributed by atoms with Gasteiger partial charge >= 0.3 is 0 Å². The summed E-state index contributed by atoms with van der Waals surface area (Å²) in [4.78, 5) is 0. The van der Waals surface area contributed by atoms with Crippen molar-refractivity contribution < 1.29 is 5.11 Å². The van der Waals surface area contributed by atoms with E-state index in [1.54, 1.807) is 42.8 Å². The van der Waals surface area contributed by atoms with E-state index in [0.29, 0.717) is 17.0 Å². The fourth-order valence-electron chi connectivity index (χ4n) is 1.56. The number of aromatic nitrogens is 2. The molecule has 16 heavy (non-hydrogen) atoms. The Hall–Kier alpha value is -2.28. The van der Waals surface area contributed by atoms with Gasteiger partial charge < -0.3 is 5.11 Å². The van der Waals surface area contributed by atoms with E-state index < -0.39 is 0 Å². The molecule has 2 aromatic rings. The second kappa shape index (κ2) is 3.70. The van der Waals surface area contributed by atoms with Crippen molar-refractivity contribution >= 4 is 0 Å². The van der Waals surface area contributed by atoms with Crippen molar-refractivity contribution in [3.05, 3.63) is 41.2 Å². The maximum absolute atomic E-state index is 9.65. The lowest BCUT2D eigenvalue weighted by atomic mass is 10.2. The summed E-state index contributed by atoms with van der Waals surface area (Å²) in [7, 11) is 0. The number of rotatable bonds is 1. The molecule has 0 atom stereocenters. The monoisotopic (exact) mass is 213 g/mol. The molecule has 1 aromatic heterocycles. The summed E-state index contributed by atoms with van der Waals surface area (Å²) in [5.41, 5.74) is 2.73. The molecule has 0 amide bonds. The smallest absolute Gasteiger partial charge is 0.159 e. The predicted molar refractivity (Wildman–Crippen MR) is 59.4 cm³/mol. The van der Waals surface area contributed by atoms with Crippen molar-refractivity contribution in [2.75, 3.05) is 0 Å². The Kier molecular flexibility index (Phi) is 2.37. The van der Waals surface area contributed by atoms with E-state index in [1.165, 1.54) is 0 Å². The first kappa shape index (κ1) is 10.2. The van der Waals surface area contributed by atoms with Crippen LogP contribution in [0.5, 0.6) is 5.75 Å². The third-order valence-corrected chi connectivity index (χ3v) is 2.49. The normalized spacial score (nSPS) is 10.1. The van der Waals surface area contributed by atoms with Gasteiger partial charge in [0.2, 0.25) is 0 Å². The zero-order chi connectivity index (χ0) is 11.7. The van der Waals surface area contributed by atoms with Gasteiger partial charge in [-0.15, -0.1) is 0 Å². The molecule has 0 saturated carbocycles. The number of benzene rings is 1. The average Bonchev–Trinajstić information content (AvgIpc) is 2.57. The first-order valence-corrected chi connectivity index (χ1v) is 4.89. The minimum Gasteiger partial charge on any atom is -0.504 e. The van der Waals surface area contributed by atoms with Gasteiger partial charge in [0.05, 0.1) is 23.0 Å². The Bertz CT molecular complexity index is 561. The summed E-state index contributed by atoms with van der Waals surface area (Å²) >= 11 is 0. The van der Waals surface area contributed by atoms with Gasteiger partial charge in [-0.3, -0.25) is 0 Å². The van der Waals surface area contributed by atoms with Gasteiger partial charge in [0.15, 0.2) is 5.75 Å². The second-order valence-corrected chi connectivity index (χ2v) is 3.59. The average molecular weight is 213 g/mol. The number of nitrogens with zero attached hydrogens (tertiary/aromatic N) is 3. The molecule has 2 rings (SSSR count). The minimum absolute atomic E-state index is 0.212. The molecule has 80 valence electrons. The lowest BCUT2D eigenvalue weighted by Crippen LogP contribution is -1.98. The van der Waals surface area contributed by atoms with Crippen molar-refractivity contribution in [1.82, 2.24) is 9.78 Å². The quantitative estimate of drug-likeness (QED) is 0.788. The first-order chi connectivity index (χ1) is 7.63. The molecule has 0 fully saturated rings. The highest BCUT2D eigenvalue weighted by Gasteiger charge is 2.10. The number of hydrogen-bond donors (Lipinski definition) is 1. The van der Waals surface area contributed by atoms with Gasteiger partial charge in [0.1, 0.15) is 5.69 Å². The molecule has 1 N–H and O–H groups in total. The Labute approximate surface area is 93.4 Å². The van der Waals surface area contributed by atoms with Gasteiger partial charge in [0.25, 0.3) is 0 Å². The Balaban J connectivity index is 2.51. The van der Waals surface area contributed by atoms with Crippen LogP contribution < -0.4 is 0 Å². The number of aromatic hydroxyl groups is 1. The van der Waals surface area contributed by atoms with Crippen molar-refractivity contribution in [2.24, 2.45) is 0 Å². The van der Waals surface area contributed by atoms with E-state index in [0.717, 1.165) is 5.69 Å². The van der Waals surface area contributed by atoms with Crippen molar-refractivity contribution in [3.63, 3.8) is 0 Å². The summed E-state index contributed by atoms with van der Waals surface area (Å²) in [5.74, 6) is 0.212. The maximum atomic E-state index is 9.65. The van der Waals surface area contributed by atoms with E-state index in [9.17, 15) is 5.11 Å². The van der Waals surface area contributed by atoms with Gasteiger partial charge in [-0.1, -0.05) is 0 Å². The van der Waals surface area contributed by atoms with Crippen LogP contribution in [-0.4, -0.2) is 14.9 Å². The molecule has 0 aliphatic rings. The fraction of sp³-hybridized carbons (Fsp3) is 0.167. The highest BCUT2D eigenvalue weighted by atomic mass is 16.3. The highest BCUT2D eigenvalue weighted by Crippen LogP contribution is 2.23. The van der Waals surface area contributed by atoms with E-state index in [1.807, 2.05) is 0 Å². The van der Waals surface area contributed by atoms with E-state index in [2.05, 4.69) is 11.2 Å². The van der Waals surface area contributed by atoms with E-state index >= 15 is 0 Å². The lowest BCUT2D eigenvalue weighted by Gasteiger charge is -2.03. The van der Waals surface area contributed by atoms with Crippen molar-refractivity contribution in [1.29, 1.82) is 5.26 Å². The lowest BCUT2D eigenvalue weighted by molar-refractivity contribution is 0.466. The Morgan fingerprint density at radius 2 is 1.88 bits per heavy atom. The van der Waals surface area contributed by atoms with Gasteiger partial charge in [0, 0.05) is 0 Å². The molecule has 0 spiro atoms. The molecule has 0 bridgehead atoms. The molecule has 0 unspecified atom stereocenters. The third-order valence-electron chi connectivity index (χ3n) is 2.49. The topological polar surface area (TPSA) is 61.8 Å². The van der Waals surface area contributed by atoms with Crippen LogP contribution in [0.15, 0.2) is 24.3 Å². The molecule has 0 aliphatic carbocycles. The number of nitriles is 1. The molecule has 1 aromatic carbocycles. The van der Waals surface area contributed by atoms with Crippen molar-refractivity contribution in [3.8, 4) is 17.5 Å². The van der Waals surface area contributed by atoms with Crippen LogP contribution in [-0.2, 0) is 0 Å². The van der Waals surface area contributed by atoms with Crippen LogP contribution in [0.4, 0.5) is 0 Å². The SMILES string of the molecule is Cc1nn(-c2ccc(C#N)cc2)c(C)c1O. The van der Waals surface area contributed by atoms with Gasteiger partial charge in [-0.25, -0.2) is 4.68 Å². The van der Waals surface area contributed by atoms with Gasteiger partial charge in [-0.2, -0.15) is 10.4 Å². The van der Waals surface area contributed by atoms with Crippen LogP contribution >= 0.6 is 0 Å². The van der Waals surface area contributed by atoms with Crippen LogP contribution in [0.25, 0.3) is 5.69 Å². The summed E-state index contributed by atoms with van der Waals surface area (Å²) < 4.78 is 1.66. The molecule has 4 heteroatoms. The van der Waals surface area contributed by atoms with Gasteiger partial charge in [-0.05, 0) is 38.1 Å². The summed E-state index contributed by atoms with van der Waals surface area (Å²) in [6.45, 7) is 3.55. The fourth-order valence-corrected chi connectivity index (χ4v) is 1.56. The zero-order valence-electron chi connectivity index (χ0n) is 9.10. The highest BCUT2D eigenvalue weighted by molar-refractivity contribution is 5.43. The molecule has 0 radical (unpaired) electrons. The molecule has 0 saturated heterocycles. The van der Waals surface area contributed by atoms with E-state index in [4.69, 9.17) is 5.26 Å². The minimum atomic E-state index is 0.212. The molecular weight excluding hydrogens is 202 g/mol. The Morgan fingerprint density at radius 3 is 2.31 bits per heavy atom. The summed E-state index contributed by atoms with van der Waals surface area (Å²) in [6, 6.07) is 9.11.